The molecule has 0 unspecified atom stereocenters. The molecule has 1 fully saturated rings. The van der Waals surface area contributed by atoms with Gasteiger partial charge in [-0.1, -0.05) is 35.9 Å². The molecule has 2 aromatic carbocycles. The monoisotopic (exact) mass is 318 g/mol. The van der Waals surface area contributed by atoms with Crippen LogP contribution in [0.15, 0.2) is 48.5 Å². The summed E-state index contributed by atoms with van der Waals surface area (Å²) in [6.45, 7) is 6.93. The molecular weight excluding hydrogens is 296 g/mol. The molecule has 2 aromatic rings. The third kappa shape index (κ3) is 4.39. The Kier molecular flexibility index (Phi) is 6.10. The van der Waals surface area contributed by atoms with E-state index in [2.05, 4.69) is 59.6 Å². The molecule has 118 valence electrons. The fourth-order valence-corrected chi connectivity index (χ4v) is 2.54. The second kappa shape index (κ2) is 8.06. The van der Waals surface area contributed by atoms with E-state index in [9.17, 15) is 0 Å². The minimum Gasteiger partial charge on any atom is -0.489 e. The second-order valence-corrected chi connectivity index (χ2v) is 5.51. The first-order chi connectivity index (χ1) is 10.3. The number of aryl methyl sites for hydroxylation is 1. The van der Waals surface area contributed by atoms with Crippen LogP contribution in [0.5, 0.6) is 5.75 Å². The Bertz CT molecular complexity index is 580. The summed E-state index contributed by atoms with van der Waals surface area (Å²) < 4.78 is 5.92. The van der Waals surface area contributed by atoms with Gasteiger partial charge >= 0.3 is 0 Å². The molecule has 0 saturated carbocycles. The minimum absolute atomic E-state index is 0. The van der Waals surface area contributed by atoms with Gasteiger partial charge in [-0.3, -0.25) is 0 Å². The van der Waals surface area contributed by atoms with Gasteiger partial charge in [0, 0.05) is 37.9 Å². The van der Waals surface area contributed by atoms with Crippen molar-refractivity contribution in [2.45, 2.75) is 13.5 Å². The SMILES string of the molecule is Cc1ccc(COc2cccc(N3CCNCC3)c2)cc1.Cl. The fourth-order valence-electron chi connectivity index (χ4n) is 2.54. The molecule has 3 nitrogen and oxygen atoms in total. The van der Waals surface area contributed by atoms with Gasteiger partial charge in [-0.15, -0.1) is 12.4 Å². The average molecular weight is 319 g/mol. The summed E-state index contributed by atoms with van der Waals surface area (Å²) in [7, 11) is 0. The summed E-state index contributed by atoms with van der Waals surface area (Å²) in [6, 6.07) is 16.9. The smallest absolute Gasteiger partial charge is 0.121 e. The second-order valence-electron chi connectivity index (χ2n) is 5.51. The molecule has 0 amide bonds. The highest BCUT2D eigenvalue weighted by molar-refractivity contribution is 5.85. The van der Waals surface area contributed by atoms with Gasteiger partial charge in [0.1, 0.15) is 12.4 Å². The van der Waals surface area contributed by atoms with E-state index >= 15 is 0 Å². The zero-order chi connectivity index (χ0) is 14.5. The van der Waals surface area contributed by atoms with Crippen LogP contribution < -0.4 is 15.0 Å². The molecule has 0 atom stereocenters. The number of anilines is 1. The van der Waals surface area contributed by atoms with E-state index in [1.54, 1.807) is 0 Å². The van der Waals surface area contributed by atoms with E-state index in [1.807, 2.05) is 6.07 Å². The Morgan fingerprint density at radius 1 is 1.05 bits per heavy atom. The number of hydrogen-bond acceptors (Lipinski definition) is 3. The number of rotatable bonds is 4. The van der Waals surface area contributed by atoms with E-state index in [4.69, 9.17) is 4.74 Å². The van der Waals surface area contributed by atoms with Crippen LogP contribution in [0.1, 0.15) is 11.1 Å². The summed E-state index contributed by atoms with van der Waals surface area (Å²) >= 11 is 0. The molecule has 1 aliphatic rings. The van der Waals surface area contributed by atoms with Gasteiger partial charge in [-0.2, -0.15) is 0 Å². The van der Waals surface area contributed by atoms with Crippen LogP contribution in [-0.2, 0) is 6.61 Å². The van der Waals surface area contributed by atoms with Crippen molar-refractivity contribution in [3.8, 4) is 5.75 Å². The lowest BCUT2D eigenvalue weighted by atomic mass is 10.2. The Labute approximate surface area is 138 Å². The van der Waals surface area contributed by atoms with Crippen molar-refractivity contribution < 1.29 is 4.74 Å². The topological polar surface area (TPSA) is 24.5 Å². The Balaban J connectivity index is 0.00000176. The largest absolute Gasteiger partial charge is 0.489 e. The van der Waals surface area contributed by atoms with E-state index < -0.39 is 0 Å². The lowest BCUT2D eigenvalue weighted by Gasteiger charge is -2.29. The number of nitrogens with one attached hydrogen (secondary N) is 1. The normalized spacial score (nSPS) is 14.3. The Morgan fingerprint density at radius 2 is 1.77 bits per heavy atom. The lowest BCUT2D eigenvalue weighted by Crippen LogP contribution is -2.43. The quantitative estimate of drug-likeness (QED) is 0.935. The van der Waals surface area contributed by atoms with Gasteiger partial charge in [-0.05, 0) is 24.6 Å². The van der Waals surface area contributed by atoms with Crippen LogP contribution in [0.4, 0.5) is 5.69 Å². The van der Waals surface area contributed by atoms with Gasteiger partial charge in [0.05, 0.1) is 0 Å². The number of benzene rings is 2. The van der Waals surface area contributed by atoms with E-state index in [1.165, 1.54) is 16.8 Å². The van der Waals surface area contributed by atoms with Crippen molar-refractivity contribution in [1.29, 1.82) is 0 Å². The first-order valence-corrected chi connectivity index (χ1v) is 7.55. The maximum atomic E-state index is 5.92. The third-order valence-electron chi connectivity index (χ3n) is 3.83. The highest BCUT2D eigenvalue weighted by Crippen LogP contribution is 2.22. The number of nitrogens with zero attached hydrogens (tertiary/aromatic N) is 1. The molecule has 0 aliphatic carbocycles. The van der Waals surface area contributed by atoms with Crippen LogP contribution in [0.25, 0.3) is 0 Å². The molecule has 3 rings (SSSR count). The fraction of sp³-hybridized carbons (Fsp3) is 0.333. The Hall–Kier alpha value is -1.71. The summed E-state index contributed by atoms with van der Waals surface area (Å²) in [6.07, 6.45) is 0. The molecule has 1 heterocycles. The van der Waals surface area contributed by atoms with Crippen molar-refractivity contribution in [2.24, 2.45) is 0 Å². The number of hydrogen-bond donors (Lipinski definition) is 1. The number of piperazine rings is 1. The summed E-state index contributed by atoms with van der Waals surface area (Å²) in [5.74, 6) is 0.937. The summed E-state index contributed by atoms with van der Waals surface area (Å²) in [5, 5.41) is 3.38. The molecular formula is C18H23ClN2O. The van der Waals surface area contributed by atoms with E-state index in [-0.39, 0.29) is 12.4 Å². The van der Waals surface area contributed by atoms with Crippen molar-refractivity contribution in [3.63, 3.8) is 0 Å². The summed E-state index contributed by atoms with van der Waals surface area (Å²) in [5.41, 5.74) is 3.73. The van der Waals surface area contributed by atoms with Crippen molar-refractivity contribution >= 4 is 18.1 Å². The molecule has 0 bridgehead atoms. The lowest BCUT2D eigenvalue weighted by molar-refractivity contribution is 0.306. The number of halogens is 1. The molecule has 4 heteroatoms. The van der Waals surface area contributed by atoms with Crippen molar-refractivity contribution in [1.82, 2.24) is 5.32 Å². The van der Waals surface area contributed by atoms with Gasteiger partial charge < -0.3 is 15.0 Å². The van der Waals surface area contributed by atoms with E-state index in [0.29, 0.717) is 6.61 Å². The first kappa shape index (κ1) is 16.7. The van der Waals surface area contributed by atoms with Crippen LogP contribution in [0.2, 0.25) is 0 Å². The molecule has 1 aliphatic heterocycles. The van der Waals surface area contributed by atoms with Gasteiger partial charge in [0.25, 0.3) is 0 Å². The molecule has 0 radical (unpaired) electrons. The minimum atomic E-state index is 0. The molecule has 1 saturated heterocycles. The summed E-state index contributed by atoms with van der Waals surface area (Å²) in [4.78, 5) is 2.40. The van der Waals surface area contributed by atoms with Crippen LogP contribution in [0, 0.1) is 6.92 Å². The predicted octanol–water partition coefficient (Wildman–Crippen LogP) is 3.41. The maximum absolute atomic E-state index is 5.92. The van der Waals surface area contributed by atoms with Crippen LogP contribution in [-0.4, -0.2) is 26.2 Å². The van der Waals surface area contributed by atoms with Gasteiger partial charge in [-0.25, -0.2) is 0 Å². The maximum Gasteiger partial charge on any atom is 0.121 e. The predicted molar refractivity (Wildman–Crippen MR) is 94.3 cm³/mol. The van der Waals surface area contributed by atoms with Gasteiger partial charge in [0.15, 0.2) is 0 Å². The molecule has 0 aromatic heterocycles. The van der Waals surface area contributed by atoms with Crippen LogP contribution >= 0.6 is 12.4 Å². The highest BCUT2D eigenvalue weighted by Gasteiger charge is 2.10. The Morgan fingerprint density at radius 3 is 2.50 bits per heavy atom. The standard InChI is InChI=1S/C18H22N2O.ClH/c1-15-5-7-16(8-6-15)14-21-18-4-2-3-17(13-18)20-11-9-19-10-12-20;/h2-8,13,19H,9-12,14H2,1H3;1H. The number of ether oxygens (including phenoxy) is 1. The highest BCUT2D eigenvalue weighted by atomic mass is 35.5. The van der Waals surface area contributed by atoms with Gasteiger partial charge in [0.2, 0.25) is 0 Å². The zero-order valence-corrected chi connectivity index (χ0v) is 13.7. The molecule has 22 heavy (non-hydrogen) atoms. The average Bonchev–Trinajstić information content (AvgIpc) is 2.55. The molecule has 1 N–H and O–H groups in total. The zero-order valence-electron chi connectivity index (χ0n) is 12.9. The van der Waals surface area contributed by atoms with E-state index in [0.717, 1.165) is 31.9 Å². The third-order valence-corrected chi connectivity index (χ3v) is 3.83. The van der Waals surface area contributed by atoms with Crippen molar-refractivity contribution in [3.05, 3.63) is 59.7 Å². The van der Waals surface area contributed by atoms with Crippen LogP contribution in [0.3, 0.4) is 0 Å². The first-order valence-electron chi connectivity index (χ1n) is 7.55. The molecule has 0 spiro atoms. The van der Waals surface area contributed by atoms with Crippen molar-refractivity contribution in [2.75, 3.05) is 31.1 Å².